The van der Waals surface area contributed by atoms with E-state index in [9.17, 15) is 5.11 Å². The topological polar surface area (TPSA) is 38.7 Å². The summed E-state index contributed by atoms with van der Waals surface area (Å²) in [7, 11) is 1.69. The summed E-state index contributed by atoms with van der Waals surface area (Å²) >= 11 is 0. The summed E-state index contributed by atoms with van der Waals surface area (Å²) < 4.78 is 11.0. The molecule has 0 radical (unpaired) electrons. The summed E-state index contributed by atoms with van der Waals surface area (Å²) in [5.74, 6) is 0. The third-order valence-electron chi connectivity index (χ3n) is 3.86. The highest BCUT2D eigenvalue weighted by molar-refractivity contribution is 5.23. The molecular weight excluding hydrogens is 228 g/mol. The van der Waals surface area contributed by atoms with Crippen LogP contribution in [0, 0.1) is 6.92 Å². The molecule has 0 amide bonds. The van der Waals surface area contributed by atoms with Crippen molar-refractivity contribution in [2.24, 2.45) is 0 Å². The van der Waals surface area contributed by atoms with E-state index in [1.807, 2.05) is 6.07 Å². The molecule has 1 atom stereocenters. The van der Waals surface area contributed by atoms with Crippen LogP contribution in [0.1, 0.15) is 24.0 Å². The van der Waals surface area contributed by atoms with Crippen molar-refractivity contribution in [2.75, 3.05) is 20.3 Å². The van der Waals surface area contributed by atoms with E-state index in [1.54, 1.807) is 7.11 Å². The van der Waals surface area contributed by atoms with E-state index in [2.05, 4.69) is 25.1 Å². The largest absolute Gasteiger partial charge is 0.390 e. The average Bonchev–Trinajstić information content (AvgIpc) is 2.39. The molecule has 0 bridgehead atoms. The van der Waals surface area contributed by atoms with Crippen LogP contribution < -0.4 is 0 Å². The average molecular weight is 250 g/mol. The highest BCUT2D eigenvalue weighted by atomic mass is 16.5. The zero-order valence-electron chi connectivity index (χ0n) is 11.2. The van der Waals surface area contributed by atoms with Gasteiger partial charge in [-0.15, -0.1) is 0 Å². The fourth-order valence-corrected chi connectivity index (χ4v) is 2.64. The first kappa shape index (κ1) is 13.5. The van der Waals surface area contributed by atoms with Gasteiger partial charge in [0.15, 0.2) is 0 Å². The van der Waals surface area contributed by atoms with Gasteiger partial charge in [0.1, 0.15) is 0 Å². The monoisotopic (exact) mass is 250 g/mol. The second kappa shape index (κ2) is 5.83. The van der Waals surface area contributed by atoms with Crippen LogP contribution in [0.2, 0.25) is 0 Å². The van der Waals surface area contributed by atoms with Gasteiger partial charge in [-0.3, -0.25) is 0 Å². The molecule has 0 saturated carbocycles. The third-order valence-corrected chi connectivity index (χ3v) is 3.86. The minimum atomic E-state index is -0.479. The van der Waals surface area contributed by atoms with Gasteiger partial charge in [-0.1, -0.05) is 29.8 Å². The van der Waals surface area contributed by atoms with Crippen LogP contribution in [0.3, 0.4) is 0 Å². The number of hydrogen-bond donors (Lipinski definition) is 1. The summed E-state index contributed by atoms with van der Waals surface area (Å²) in [6.45, 7) is 3.40. The van der Waals surface area contributed by atoms with Crippen molar-refractivity contribution in [1.82, 2.24) is 0 Å². The second-order valence-electron chi connectivity index (χ2n) is 5.09. The second-order valence-corrected chi connectivity index (χ2v) is 5.09. The summed E-state index contributed by atoms with van der Waals surface area (Å²) in [6, 6.07) is 8.27. The molecular formula is C15H22O3. The van der Waals surface area contributed by atoms with Crippen molar-refractivity contribution >= 4 is 0 Å². The highest BCUT2D eigenvalue weighted by Gasteiger charge is 2.39. The highest BCUT2D eigenvalue weighted by Crippen LogP contribution is 2.30. The first-order chi connectivity index (χ1) is 8.66. The lowest BCUT2D eigenvalue weighted by atomic mass is 9.84. The molecule has 3 heteroatoms. The van der Waals surface area contributed by atoms with Crippen LogP contribution in [-0.4, -0.2) is 37.1 Å². The van der Waals surface area contributed by atoms with Gasteiger partial charge in [-0.25, -0.2) is 0 Å². The quantitative estimate of drug-likeness (QED) is 0.889. The van der Waals surface area contributed by atoms with Crippen molar-refractivity contribution < 1.29 is 14.6 Å². The number of benzene rings is 1. The summed E-state index contributed by atoms with van der Waals surface area (Å²) in [4.78, 5) is 0. The fraction of sp³-hybridized carbons (Fsp3) is 0.600. The number of methoxy groups -OCH3 is 1. The third kappa shape index (κ3) is 2.91. The Balaban J connectivity index is 2.07. The Kier molecular flexibility index (Phi) is 4.38. The van der Waals surface area contributed by atoms with Crippen molar-refractivity contribution in [3.8, 4) is 0 Å². The standard InChI is InChI=1S/C15H22O3/c1-12-4-3-5-13(10-12)11-14(16)15(17-2)6-8-18-9-7-15/h3-5,10,14,16H,6-9,11H2,1-2H3. The zero-order chi connectivity index (χ0) is 13.0. The summed E-state index contributed by atoms with van der Waals surface area (Å²) in [5, 5.41) is 10.5. The van der Waals surface area contributed by atoms with E-state index in [0.29, 0.717) is 19.6 Å². The first-order valence-electron chi connectivity index (χ1n) is 6.53. The molecule has 1 aliphatic heterocycles. The van der Waals surface area contributed by atoms with Crippen LogP contribution in [0.5, 0.6) is 0 Å². The molecule has 0 spiro atoms. The Morgan fingerprint density at radius 2 is 2.11 bits per heavy atom. The van der Waals surface area contributed by atoms with Crippen molar-refractivity contribution in [3.63, 3.8) is 0 Å². The number of aliphatic hydroxyl groups is 1. The van der Waals surface area contributed by atoms with Gasteiger partial charge in [0, 0.05) is 39.6 Å². The van der Waals surface area contributed by atoms with Crippen LogP contribution >= 0.6 is 0 Å². The van der Waals surface area contributed by atoms with Crippen LogP contribution in [-0.2, 0) is 15.9 Å². The molecule has 1 aliphatic rings. The molecule has 1 N–H and O–H groups in total. The maximum atomic E-state index is 10.5. The SMILES string of the molecule is COC1(C(O)Cc2cccc(C)c2)CCOCC1. The molecule has 1 heterocycles. The van der Waals surface area contributed by atoms with E-state index in [4.69, 9.17) is 9.47 Å². The van der Waals surface area contributed by atoms with Crippen LogP contribution in [0.4, 0.5) is 0 Å². The van der Waals surface area contributed by atoms with E-state index in [-0.39, 0.29) is 0 Å². The van der Waals surface area contributed by atoms with E-state index >= 15 is 0 Å². The molecule has 1 saturated heterocycles. The van der Waals surface area contributed by atoms with Gasteiger partial charge < -0.3 is 14.6 Å². The van der Waals surface area contributed by atoms with Crippen molar-refractivity contribution in [1.29, 1.82) is 0 Å². The lowest BCUT2D eigenvalue weighted by Gasteiger charge is -2.39. The minimum absolute atomic E-state index is 0.442. The van der Waals surface area contributed by atoms with Crippen LogP contribution in [0.15, 0.2) is 24.3 Å². The summed E-state index contributed by atoms with van der Waals surface area (Å²) in [6.07, 6.45) is 1.68. The smallest absolute Gasteiger partial charge is 0.0983 e. The molecule has 18 heavy (non-hydrogen) atoms. The number of rotatable bonds is 4. The van der Waals surface area contributed by atoms with E-state index in [0.717, 1.165) is 18.4 Å². The predicted octanol–water partition coefficient (Wildman–Crippen LogP) is 2.09. The van der Waals surface area contributed by atoms with Crippen molar-refractivity contribution in [3.05, 3.63) is 35.4 Å². The summed E-state index contributed by atoms with van der Waals surface area (Å²) in [5.41, 5.74) is 1.94. The van der Waals surface area contributed by atoms with Gasteiger partial charge in [-0.05, 0) is 12.5 Å². The maximum Gasteiger partial charge on any atom is 0.0983 e. The Morgan fingerprint density at radius 1 is 1.39 bits per heavy atom. The zero-order valence-corrected chi connectivity index (χ0v) is 11.2. The molecule has 2 rings (SSSR count). The fourth-order valence-electron chi connectivity index (χ4n) is 2.64. The molecule has 100 valence electrons. The lowest BCUT2D eigenvalue weighted by molar-refractivity contribution is -0.151. The molecule has 0 aliphatic carbocycles. The van der Waals surface area contributed by atoms with Gasteiger partial charge in [-0.2, -0.15) is 0 Å². The first-order valence-corrected chi connectivity index (χ1v) is 6.53. The van der Waals surface area contributed by atoms with Crippen molar-refractivity contribution in [2.45, 2.75) is 37.9 Å². The molecule has 1 fully saturated rings. The molecule has 1 aromatic carbocycles. The number of aliphatic hydroxyl groups excluding tert-OH is 1. The number of hydrogen-bond acceptors (Lipinski definition) is 3. The van der Waals surface area contributed by atoms with Crippen LogP contribution in [0.25, 0.3) is 0 Å². The molecule has 1 unspecified atom stereocenters. The molecule has 1 aromatic rings. The van der Waals surface area contributed by atoms with E-state index in [1.165, 1.54) is 5.56 Å². The Morgan fingerprint density at radius 3 is 2.72 bits per heavy atom. The van der Waals surface area contributed by atoms with Gasteiger partial charge in [0.25, 0.3) is 0 Å². The van der Waals surface area contributed by atoms with E-state index < -0.39 is 11.7 Å². The Labute approximate surface area is 109 Å². The normalized spacial score (nSPS) is 20.6. The maximum absolute atomic E-state index is 10.5. The lowest BCUT2D eigenvalue weighted by Crippen LogP contribution is -2.49. The number of ether oxygens (including phenoxy) is 2. The Bertz CT molecular complexity index is 383. The van der Waals surface area contributed by atoms with Gasteiger partial charge >= 0.3 is 0 Å². The molecule has 3 nitrogen and oxygen atoms in total. The molecule has 0 aromatic heterocycles. The Hall–Kier alpha value is -0.900. The van der Waals surface area contributed by atoms with Gasteiger partial charge in [0.2, 0.25) is 0 Å². The number of aryl methyl sites for hydroxylation is 1. The minimum Gasteiger partial charge on any atom is -0.390 e. The predicted molar refractivity (Wildman–Crippen MR) is 70.7 cm³/mol. The van der Waals surface area contributed by atoms with Gasteiger partial charge in [0.05, 0.1) is 11.7 Å².